The smallest absolute Gasteiger partial charge is 0.256 e. The molecule has 0 bridgehead atoms. The van der Waals surface area contributed by atoms with Gasteiger partial charge >= 0.3 is 5.92 Å². The highest BCUT2D eigenvalue weighted by atomic mass is 19.3. The van der Waals surface area contributed by atoms with Gasteiger partial charge in [0.05, 0.1) is 11.2 Å². The topological polar surface area (TPSA) is 56.0 Å². The average molecular weight is 391 g/mol. The van der Waals surface area contributed by atoms with Gasteiger partial charge in [-0.15, -0.1) is 10.2 Å². The van der Waals surface area contributed by atoms with Gasteiger partial charge in [0, 0.05) is 22.7 Å². The number of benzene rings is 2. The van der Waals surface area contributed by atoms with Crippen molar-refractivity contribution in [1.82, 2.24) is 24.8 Å². The van der Waals surface area contributed by atoms with Crippen LogP contribution in [0.5, 0.6) is 0 Å². The Morgan fingerprint density at radius 2 is 1.69 bits per heavy atom. The summed E-state index contributed by atoms with van der Waals surface area (Å²) in [6, 6.07) is 16.4. The Labute approximate surface area is 162 Å². The van der Waals surface area contributed by atoms with Crippen molar-refractivity contribution >= 4 is 16.6 Å². The zero-order valence-corrected chi connectivity index (χ0v) is 14.8. The molecule has 3 heterocycles. The lowest BCUT2D eigenvalue weighted by atomic mass is 10.0. The number of aromatic nitrogens is 5. The minimum absolute atomic E-state index is 0.188. The molecule has 0 N–H and O–H groups in total. The summed E-state index contributed by atoms with van der Waals surface area (Å²) in [5.41, 5.74) is 1.56. The molecule has 5 aromatic rings. The van der Waals surface area contributed by atoms with Crippen molar-refractivity contribution in [2.75, 3.05) is 0 Å². The number of hydrogen-bond acceptors (Lipinski definition) is 4. The highest BCUT2D eigenvalue weighted by molar-refractivity contribution is 5.79. The van der Waals surface area contributed by atoms with Crippen LogP contribution in [-0.4, -0.2) is 24.8 Å². The molecule has 142 valence electrons. The lowest BCUT2D eigenvalue weighted by molar-refractivity contribution is 0.0307. The normalized spacial score (nSPS) is 12.0. The van der Waals surface area contributed by atoms with Gasteiger partial charge in [-0.2, -0.15) is 18.4 Å². The summed E-state index contributed by atoms with van der Waals surface area (Å²) < 4.78 is 44.9. The van der Waals surface area contributed by atoms with Crippen LogP contribution >= 0.6 is 0 Å². The maximum atomic E-state index is 15.3. The Balaban J connectivity index is 1.64. The fraction of sp³-hybridized carbons (Fsp3) is 0.0476. The molecule has 5 rings (SSSR count). The first kappa shape index (κ1) is 17.3. The third-order valence-corrected chi connectivity index (χ3v) is 4.65. The van der Waals surface area contributed by atoms with Gasteiger partial charge in [0.25, 0.3) is 0 Å². The molecule has 0 aliphatic rings. The molecule has 8 heteroatoms. The van der Waals surface area contributed by atoms with Gasteiger partial charge in [0.15, 0.2) is 5.65 Å². The second kappa shape index (κ2) is 6.37. The van der Waals surface area contributed by atoms with Gasteiger partial charge < -0.3 is 0 Å². The van der Waals surface area contributed by atoms with E-state index in [0.29, 0.717) is 22.2 Å². The van der Waals surface area contributed by atoms with Gasteiger partial charge in [0.1, 0.15) is 5.82 Å². The van der Waals surface area contributed by atoms with E-state index in [-0.39, 0.29) is 11.2 Å². The number of rotatable bonds is 3. The maximum absolute atomic E-state index is 15.3. The molecule has 2 aromatic carbocycles. The van der Waals surface area contributed by atoms with Crippen LogP contribution < -0.4 is 0 Å². The second-order valence-electron chi connectivity index (χ2n) is 6.50. The number of fused-ring (bicyclic) bond motifs is 2. The third-order valence-electron chi connectivity index (χ3n) is 4.65. The summed E-state index contributed by atoms with van der Waals surface area (Å²) in [4.78, 5) is 4.15. The van der Waals surface area contributed by atoms with Crippen molar-refractivity contribution in [2.24, 2.45) is 0 Å². The molecule has 0 radical (unpaired) electrons. The Morgan fingerprint density at radius 1 is 0.862 bits per heavy atom. The molecule has 29 heavy (non-hydrogen) atoms. The van der Waals surface area contributed by atoms with E-state index in [1.54, 1.807) is 36.5 Å². The molecule has 0 spiro atoms. The van der Waals surface area contributed by atoms with Crippen molar-refractivity contribution in [1.29, 1.82) is 0 Å². The zero-order valence-electron chi connectivity index (χ0n) is 14.8. The zero-order chi connectivity index (χ0) is 20.0. The molecule has 0 aliphatic carbocycles. The Hall–Kier alpha value is -3.81. The molecule has 0 unspecified atom stereocenters. The summed E-state index contributed by atoms with van der Waals surface area (Å²) in [5, 5.41) is 12.4. The van der Waals surface area contributed by atoms with Gasteiger partial charge in [-0.3, -0.25) is 4.98 Å². The number of halogens is 3. The van der Waals surface area contributed by atoms with Crippen LogP contribution in [0.25, 0.3) is 27.8 Å². The van der Waals surface area contributed by atoms with Gasteiger partial charge in [0.2, 0.25) is 5.82 Å². The van der Waals surface area contributed by atoms with E-state index in [1.807, 2.05) is 0 Å². The van der Waals surface area contributed by atoms with Crippen LogP contribution in [-0.2, 0) is 5.92 Å². The number of pyridine rings is 1. The van der Waals surface area contributed by atoms with Gasteiger partial charge in [-0.05, 0) is 54.6 Å². The average Bonchev–Trinajstić information content (AvgIpc) is 3.18. The van der Waals surface area contributed by atoms with Crippen molar-refractivity contribution in [2.45, 2.75) is 5.92 Å². The van der Waals surface area contributed by atoms with E-state index in [1.165, 1.54) is 36.4 Å². The Morgan fingerprint density at radius 3 is 2.52 bits per heavy atom. The van der Waals surface area contributed by atoms with E-state index < -0.39 is 17.6 Å². The first-order valence-corrected chi connectivity index (χ1v) is 8.74. The van der Waals surface area contributed by atoms with Crippen molar-refractivity contribution in [3.8, 4) is 11.3 Å². The van der Waals surface area contributed by atoms with Crippen LogP contribution in [0.3, 0.4) is 0 Å². The molecule has 5 nitrogen and oxygen atoms in total. The molecule has 0 saturated carbocycles. The highest BCUT2D eigenvalue weighted by Gasteiger charge is 2.40. The van der Waals surface area contributed by atoms with Gasteiger partial charge in [-0.25, -0.2) is 4.39 Å². The lowest BCUT2D eigenvalue weighted by Crippen LogP contribution is -2.20. The predicted octanol–water partition coefficient (Wildman–Crippen LogP) is 4.62. The molecule has 0 fully saturated rings. The molecule has 0 amide bonds. The number of nitrogens with zero attached hydrogens (tertiary/aromatic N) is 5. The SMILES string of the molecule is Fc1ccc(-c2ccc3nnc(C(F)(F)c4ccc5ncccc5c4)n3n2)cc1. The minimum Gasteiger partial charge on any atom is -0.256 e. The molecule has 0 atom stereocenters. The summed E-state index contributed by atoms with van der Waals surface area (Å²) in [5.74, 6) is -4.42. The fourth-order valence-corrected chi connectivity index (χ4v) is 3.16. The van der Waals surface area contributed by atoms with Crippen molar-refractivity contribution in [3.05, 3.63) is 90.1 Å². The van der Waals surface area contributed by atoms with E-state index in [9.17, 15) is 4.39 Å². The lowest BCUT2D eigenvalue weighted by Gasteiger charge is -2.15. The summed E-state index contributed by atoms with van der Waals surface area (Å²) in [6.07, 6.45) is 1.60. The third kappa shape index (κ3) is 2.89. The van der Waals surface area contributed by atoms with Gasteiger partial charge in [-0.1, -0.05) is 12.1 Å². The molecular formula is C21H12F3N5. The van der Waals surface area contributed by atoms with Crippen LogP contribution in [0.4, 0.5) is 13.2 Å². The fourth-order valence-electron chi connectivity index (χ4n) is 3.16. The van der Waals surface area contributed by atoms with E-state index in [0.717, 1.165) is 4.52 Å². The summed E-state index contributed by atoms with van der Waals surface area (Å²) in [6.45, 7) is 0. The largest absolute Gasteiger partial charge is 0.333 e. The van der Waals surface area contributed by atoms with Crippen LogP contribution in [0, 0.1) is 5.82 Å². The summed E-state index contributed by atoms with van der Waals surface area (Å²) >= 11 is 0. The van der Waals surface area contributed by atoms with Crippen LogP contribution in [0.1, 0.15) is 11.4 Å². The maximum Gasteiger partial charge on any atom is 0.333 e. The standard InChI is InChI=1S/C21H12F3N5/c22-16-6-3-13(4-7-16)18-9-10-19-26-27-20(29(19)28-18)21(23,24)15-5-8-17-14(12-15)2-1-11-25-17/h1-12H. The number of hydrogen-bond donors (Lipinski definition) is 0. The predicted molar refractivity (Wildman–Crippen MR) is 101 cm³/mol. The molecule has 0 saturated heterocycles. The second-order valence-corrected chi connectivity index (χ2v) is 6.50. The van der Waals surface area contributed by atoms with E-state index >= 15 is 8.78 Å². The van der Waals surface area contributed by atoms with Crippen LogP contribution in [0.2, 0.25) is 0 Å². The van der Waals surface area contributed by atoms with Crippen molar-refractivity contribution < 1.29 is 13.2 Å². The monoisotopic (exact) mass is 391 g/mol. The van der Waals surface area contributed by atoms with E-state index in [2.05, 4.69) is 20.3 Å². The Bertz CT molecular complexity index is 1350. The molecule has 0 aliphatic heterocycles. The quantitative estimate of drug-likeness (QED) is 0.450. The Kier molecular flexibility index (Phi) is 3.80. The first-order chi connectivity index (χ1) is 14.0. The van der Waals surface area contributed by atoms with Crippen molar-refractivity contribution in [3.63, 3.8) is 0 Å². The minimum atomic E-state index is -3.43. The highest BCUT2D eigenvalue weighted by Crippen LogP contribution is 2.35. The number of alkyl halides is 2. The van der Waals surface area contributed by atoms with Crippen LogP contribution in [0.15, 0.2) is 72.9 Å². The summed E-state index contributed by atoms with van der Waals surface area (Å²) in [7, 11) is 0. The molecule has 3 aromatic heterocycles. The molecular weight excluding hydrogens is 379 g/mol. The first-order valence-electron chi connectivity index (χ1n) is 8.74. The van der Waals surface area contributed by atoms with E-state index in [4.69, 9.17) is 0 Å².